The summed E-state index contributed by atoms with van der Waals surface area (Å²) in [5.74, 6) is 0.834. The Bertz CT molecular complexity index is 390. The molecule has 5 nitrogen and oxygen atoms in total. The Morgan fingerprint density at radius 3 is 3.13 bits per heavy atom. The summed E-state index contributed by atoms with van der Waals surface area (Å²) >= 11 is 0. The van der Waals surface area contributed by atoms with Crippen molar-refractivity contribution in [3.63, 3.8) is 0 Å². The Hall–Kier alpha value is -1.78. The van der Waals surface area contributed by atoms with E-state index in [1.165, 1.54) is 0 Å². The maximum Gasteiger partial charge on any atom is 0.214 e. The van der Waals surface area contributed by atoms with Gasteiger partial charge in [0.1, 0.15) is 0 Å². The van der Waals surface area contributed by atoms with E-state index < -0.39 is 0 Å². The van der Waals surface area contributed by atoms with Crippen LogP contribution in [0.3, 0.4) is 0 Å². The SMILES string of the molecule is CN(/N=C/c1cccn1C)C1=NCCN1. The van der Waals surface area contributed by atoms with Gasteiger partial charge in [0.15, 0.2) is 0 Å². The van der Waals surface area contributed by atoms with Gasteiger partial charge in [-0.15, -0.1) is 0 Å². The zero-order chi connectivity index (χ0) is 10.7. The number of aromatic nitrogens is 1. The molecule has 0 saturated carbocycles. The van der Waals surface area contributed by atoms with Crippen LogP contribution in [0, 0.1) is 0 Å². The highest BCUT2D eigenvalue weighted by Crippen LogP contribution is 1.97. The van der Waals surface area contributed by atoms with Gasteiger partial charge in [0.25, 0.3) is 0 Å². The number of rotatable bonds is 2. The number of hydrogen-bond donors (Lipinski definition) is 1. The van der Waals surface area contributed by atoms with Crippen molar-refractivity contribution >= 4 is 12.2 Å². The quantitative estimate of drug-likeness (QED) is 0.555. The number of hydrogen-bond acceptors (Lipinski definition) is 4. The lowest BCUT2D eigenvalue weighted by atomic mass is 10.5. The summed E-state index contributed by atoms with van der Waals surface area (Å²) in [5, 5.41) is 9.21. The number of guanidine groups is 1. The number of aliphatic imine (C=N–C) groups is 1. The second-order valence-electron chi connectivity index (χ2n) is 3.44. The highest BCUT2D eigenvalue weighted by molar-refractivity contribution is 5.83. The molecule has 0 aromatic carbocycles. The van der Waals surface area contributed by atoms with Crippen LogP contribution in [0.25, 0.3) is 0 Å². The van der Waals surface area contributed by atoms with Crippen molar-refractivity contribution in [1.82, 2.24) is 14.9 Å². The van der Waals surface area contributed by atoms with Crippen molar-refractivity contribution in [3.05, 3.63) is 24.0 Å². The average molecular weight is 205 g/mol. The number of nitrogens with zero attached hydrogens (tertiary/aromatic N) is 4. The molecule has 1 aromatic heterocycles. The van der Waals surface area contributed by atoms with Crippen LogP contribution in [0.5, 0.6) is 0 Å². The molecule has 0 saturated heterocycles. The van der Waals surface area contributed by atoms with Crippen LogP contribution in [0.15, 0.2) is 28.4 Å². The minimum atomic E-state index is 0.833. The molecular weight excluding hydrogens is 190 g/mol. The summed E-state index contributed by atoms with van der Waals surface area (Å²) in [6, 6.07) is 4.01. The predicted molar refractivity (Wildman–Crippen MR) is 61.1 cm³/mol. The predicted octanol–water partition coefficient (Wildman–Crippen LogP) is 0.250. The molecule has 5 heteroatoms. The Balaban J connectivity index is 2.02. The Morgan fingerprint density at radius 2 is 2.53 bits per heavy atom. The van der Waals surface area contributed by atoms with Gasteiger partial charge in [-0.25, -0.2) is 10.0 Å². The Labute approximate surface area is 89.1 Å². The molecular formula is C10H15N5. The summed E-state index contributed by atoms with van der Waals surface area (Å²) in [6.45, 7) is 1.73. The first-order valence-corrected chi connectivity index (χ1v) is 4.95. The van der Waals surface area contributed by atoms with Crippen LogP contribution in [0.4, 0.5) is 0 Å². The number of aryl methyl sites for hydroxylation is 1. The molecule has 0 atom stereocenters. The molecule has 0 bridgehead atoms. The molecule has 15 heavy (non-hydrogen) atoms. The lowest BCUT2D eigenvalue weighted by molar-refractivity contribution is 0.530. The lowest BCUT2D eigenvalue weighted by Crippen LogP contribution is -2.32. The largest absolute Gasteiger partial charge is 0.353 e. The molecule has 0 aliphatic carbocycles. The molecule has 1 aliphatic heterocycles. The highest BCUT2D eigenvalue weighted by Gasteiger charge is 2.08. The van der Waals surface area contributed by atoms with Crippen molar-refractivity contribution in [2.24, 2.45) is 17.1 Å². The molecule has 0 spiro atoms. The van der Waals surface area contributed by atoms with E-state index in [2.05, 4.69) is 15.4 Å². The van der Waals surface area contributed by atoms with Crippen LogP contribution in [0.1, 0.15) is 5.69 Å². The van der Waals surface area contributed by atoms with Gasteiger partial charge in [-0.05, 0) is 12.1 Å². The van der Waals surface area contributed by atoms with E-state index in [9.17, 15) is 0 Å². The molecule has 0 fully saturated rings. The molecule has 1 aromatic rings. The fourth-order valence-corrected chi connectivity index (χ4v) is 1.41. The normalized spacial score (nSPS) is 15.5. The Morgan fingerprint density at radius 1 is 1.67 bits per heavy atom. The zero-order valence-electron chi connectivity index (χ0n) is 9.01. The highest BCUT2D eigenvalue weighted by atomic mass is 15.5. The van der Waals surface area contributed by atoms with Gasteiger partial charge in [-0.2, -0.15) is 5.10 Å². The van der Waals surface area contributed by atoms with Gasteiger partial charge in [-0.1, -0.05) is 0 Å². The molecule has 1 aliphatic rings. The first kappa shape index (κ1) is 9.76. The van der Waals surface area contributed by atoms with Crippen molar-refractivity contribution in [2.75, 3.05) is 20.1 Å². The van der Waals surface area contributed by atoms with Crippen molar-refractivity contribution in [2.45, 2.75) is 0 Å². The van der Waals surface area contributed by atoms with Crippen LogP contribution in [-0.4, -0.2) is 41.9 Å². The maximum atomic E-state index is 4.30. The first-order valence-electron chi connectivity index (χ1n) is 4.95. The van der Waals surface area contributed by atoms with Gasteiger partial charge >= 0.3 is 0 Å². The average Bonchev–Trinajstić information content (AvgIpc) is 2.85. The fourth-order valence-electron chi connectivity index (χ4n) is 1.41. The second-order valence-corrected chi connectivity index (χ2v) is 3.44. The summed E-state index contributed by atoms with van der Waals surface area (Å²) < 4.78 is 2.02. The van der Waals surface area contributed by atoms with Crippen LogP contribution in [-0.2, 0) is 7.05 Å². The maximum absolute atomic E-state index is 4.30. The molecule has 2 heterocycles. The van der Waals surface area contributed by atoms with E-state index >= 15 is 0 Å². The number of hydrazone groups is 1. The summed E-state index contributed by atoms with van der Waals surface area (Å²) in [4.78, 5) is 4.27. The third-order valence-corrected chi connectivity index (χ3v) is 2.31. The lowest BCUT2D eigenvalue weighted by Gasteiger charge is -2.11. The van der Waals surface area contributed by atoms with E-state index in [1.54, 1.807) is 5.01 Å². The Kier molecular flexibility index (Phi) is 2.71. The van der Waals surface area contributed by atoms with Crippen molar-refractivity contribution in [1.29, 1.82) is 0 Å². The van der Waals surface area contributed by atoms with Gasteiger partial charge in [0.2, 0.25) is 5.96 Å². The third-order valence-electron chi connectivity index (χ3n) is 2.31. The van der Waals surface area contributed by atoms with E-state index in [1.807, 2.05) is 43.2 Å². The topological polar surface area (TPSA) is 44.9 Å². The zero-order valence-corrected chi connectivity index (χ0v) is 9.01. The van der Waals surface area contributed by atoms with E-state index in [0.29, 0.717) is 0 Å². The van der Waals surface area contributed by atoms with Crippen LogP contribution in [0.2, 0.25) is 0 Å². The van der Waals surface area contributed by atoms with Gasteiger partial charge < -0.3 is 9.88 Å². The molecule has 80 valence electrons. The van der Waals surface area contributed by atoms with Crippen molar-refractivity contribution < 1.29 is 0 Å². The molecule has 0 radical (unpaired) electrons. The number of nitrogens with one attached hydrogen (secondary N) is 1. The molecule has 0 unspecified atom stereocenters. The third kappa shape index (κ3) is 2.18. The van der Waals surface area contributed by atoms with E-state index in [0.717, 1.165) is 24.7 Å². The standard InChI is InChI=1S/C10H15N5/c1-14-7-3-4-9(14)8-13-15(2)10-11-5-6-12-10/h3-4,7-8H,5-6H2,1-2H3,(H,11,12)/b13-8+. The minimum absolute atomic E-state index is 0.833. The van der Waals surface area contributed by atoms with E-state index in [-0.39, 0.29) is 0 Å². The minimum Gasteiger partial charge on any atom is -0.353 e. The summed E-state index contributed by atoms with van der Waals surface area (Å²) in [5.41, 5.74) is 1.07. The molecule has 2 rings (SSSR count). The van der Waals surface area contributed by atoms with Crippen molar-refractivity contribution in [3.8, 4) is 0 Å². The van der Waals surface area contributed by atoms with Crippen LogP contribution < -0.4 is 5.32 Å². The van der Waals surface area contributed by atoms with Gasteiger partial charge in [0, 0.05) is 26.8 Å². The second kappa shape index (κ2) is 4.16. The smallest absolute Gasteiger partial charge is 0.214 e. The van der Waals surface area contributed by atoms with Crippen LogP contribution >= 0.6 is 0 Å². The van der Waals surface area contributed by atoms with E-state index in [4.69, 9.17) is 0 Å². The monoisotopic (exact) mass is 205 g/mol. The summed E-state index contributed by atoms with van der Waals surface area (Å²) in [6.07, 6.45) is 3.81. The molecule has 0 amide bonds. The summed E-state index contributed by atoms with van der Waals surface area (Å²) in [7, 11) is 3.88. The molecule has 1 N–H and O–H groups in total. The first-order chi connectivity index (χ1) is 7.27. The van der Waals surface area contributed by atoms with Gasteiger partial charge in [0.05, 0.1) is 18.5 Å². The fraction of sp³-hybridized carbons (Fsp3) is 0.400. The van der Waals surface area contributed by atoms with Gasteiger partial charge in [-0.3, -0.25) is 0 Å².